The second-order valence-electron chi connectivity index (χ2n) is 5.99. The van der Waals surface area contributed by atoms with Crippen LogP contribution < -0.4 is 5.32 Å². The van der Waals surface area contributed by atoms with E-state index in [9.17, 15) is 0 Å². The maximum atomic E-state index is 5.52. The summed E-state index contributed by atoms with van der Waals surface area (Å²) in [6.45, 7) is 5.83. The fraction of sp³-hybridized carbons (Fsp3) is 1.00. The molecule has 0 aromatic carbocycles. The van der Waals surface area contributed by atoms with Crippen molar-refractivity contribution in [2.24, 2.45) is 5.92 Å². The third-order valence-electron chi connectivity index (χ3n) is 4.74. The average Bonchev–Trinajstić information content (AvgIpc) is 3.01. The summed E-state index contributed by atoms with van der Waals surface area (Å²) in [5.74, 6) is 0.803. The molecule has 3 rings (SSSR count). The standard InChI is InChI=1S/C14H26N2O/c1-2-8-16(10-12-6-9-17-11-12)14(5-1)13-4-3-7-15-13/h12-15H,1-11H2. The van der Waals surface area contributed by atoms with Gasteiger partial charge in [0.15, 0.2) is 0 Å². The van der Waals surface area contributed by atoms with Crippen molar-refractivity contribution in [2.45, 2.75) is 50.6 Å². The molecule has 3 unspecified atom stereocenters. The zero-order chi connectivity index (χ0) is 11.5. The second kappa shape index (κ2) is 5.68. The molecule has 3 heterocycles. The van der Waals surface area contributed by atoms with Gasteiger partial charge in [0, 0.05) is 25.2 Å². The van der Waals surface area contributed by atoms with E-state index in [1.54, 1.807) is 0 Å². The summed E-state index contributed by atoms with van der Waals surface area (Å²) >= 11 is 0. The minimum absolute atomic E-state index is 0.776. The molecule has 0 aromatic rings. The van der Waals surface area contributed by atoms with Gasteiger partial charge in [0.05, 0.1) is 6.61 Å². The van der Waals surface area contributed by atoms with E-state index in [-0.39, 0.29) is 0 Å². The lowest BCUT2D eigenvalue weighted by molar-refractivity contribution is 0.0940. The van der Waals surface area contributed by atoms with Crippen molar-refractivity contribution >= 4 is 0 Å². The highest BCUT2D eigenvalue weighted by Crippen LogP contribution is 2.26. The van der Waals surface area contributed by atoms with E-state index in [1.807, 2.05) is 0 Å². The Morgan fingerprint density at radius 1 is 1.12 bits per heavy atom. The second-order valence-corrected chi connectivity index (χ2v) is 5.99. The van der Waals surface area contributed by atoms with Gasteiger partial charge in [0.25, 0.3) is 0 Å². The molecule has 0 aliphatic carbocycles. The Bertz CT molecular complexity index is 234. The van der Waals surface area contributed by atoms with E-state index in [1.165, 1.54) is 58.2 Å². The summed E-state index contributed by atoms with van der Waals surface area (Å²) in [6, 6.07) is 1.59. The average molecular weight is 238 g/mol. The monoisotopic (exact) mass is 238 g/mol. The summed E-state index contributed by atoms with van der Waals surface area (Å²) in [5.41, 5.74) is 0. The molecule has 17 heavy (non-hydrogen) atoms. The SMILES string of the molecule is C1CNC(C2CCCCN2CC2CCOC2)C1. The van der Waals surface area contributed by atoms with Gasteiger partial charge in [-0.15, -0.1) is 0 Å². The van der Waals surface area contributed by atoms with Crippen molar-refractivity contribution < 1.29 is 4.74 Å². The van der Waals surface area contributed by atoms with Crippen LogP contribution in [0, 0.1) is 5.92 Å². The molecule has 0 radical (unpaired) electrons. The van der Waals surface area contributed by atoms with Gasteiger partial charge in [-0.25, -0.2) is 0 Å². The number of hydrogen-bond acceptors (Lipinski definition) is 3. The number of piperidine rings is 1. The zero-order valence-electron chi connectivity index (χ0n) is 10.9. The van der Waals surface area contributed by atoms with Crippen molar-refractivity contribution in [3.63, 3.8) is 0 Å². The summed E-state index contributed by atoms with van der Waals surface area (Å²) in [7, 11) is 0. The number of nitrogens with one attached hydrogen (secondary N) is 1. The molecule has 0 saturated carbocycles. The van der Waals surface area contributed by atoms with Crippen LogP contribution in [0.1, 0.15) is 38.5 Å². The first-order valence-electron chi connectivity index (χ1n) is 7.48. The van der Waals surface area contributed by atoms with Crippen LogP contribution in [0.3, 0.4) is 0 Å². The molecule has 3 aliphatic heterocycles. The lowest BCUT2D eigenvalue weighted by Gasteiger charge is -2.40. The topological polar surface area (TPSA) is 24.5 Å². The number of nitrogens with zero attached hydrogens (tertiary/aromatic N) is 1. The Balaban J connectivity index is 1.58. The Hall–Kier alpha value is -0.120. The number of ether oxygens (including phenoxy) is 1. The highest BCUT2D eigenvalue weighted by molar-refractivity contribution is 4.91. The molecule has 3 aliphatic rings. The summed E-state index contributed by atoms with van der Waals surface area (Å²) in [4.78, 5) is 2.77. The van der Waals surface area contributed by atoms with Crippen LogP contribution in [0.25, 0.3) is 0 Å². The molecular weight excluding hydrogens is 212 g/mol. The maximum absolute atomic E-state index is 5.52. The van der Waals surface area contributed by atoms with Crippen molar-refractivity contribution in [1.82, 2.24) is 10.2 Å². The van der Waals surface area contributed by atoms with Crippen molar-refractivity contribution in [1.29, 1.82) is 0 Å². The number of rotatable bonds is 3. The first kappa shape index (κ1) is 11.9. The van der Waals surface area contributed by atoms with E-state index < -0.39 is 0 Å². The van der Waals surface area contributed by atoms with Gasteiger partial charge in [-0.2, -0.15) is 0 Å². The molecule has 3 atom stereocenters. The van der Waals surface area contributed by atoms with Crippen LogP contribution in [0.2, 0.25) is 0 Å². The minimum atomic E-state index is 0.776. The molecular formula is C14H26N2O. The highest BCUT2D eigenvalue weighted by atomic mass is 16.5. The van der Waals surface area contributed by atoms with Gasteiger partial charge < -0.3 is 10.1 Å². The van der Waals surface area contributed by atoms with E-state index in [0.717, 1.165) is 31.2 Å². The van der Waals surface area contributed by atoms with Crippen LogP contribution in [-0.2, 0) is 4.74 Å². The number of likely N-dealkylation sites (tertiary alicyclic amines) is 1. The fourth-order valence-electron chi connectivity index (χ4n) is 3.80. The predicted molar refractivity (Wildman–Crippen MR) is 69.2 cm³/mol. The number of hydrogen-bond donors (Lipinski definition) is 1. The van der Waals surface area contributed by atoms with E-state index in [4.69, 9.17) is 4.74 Å². The first-order chi connectivity index (χ1) is 8.43. The van der Waals surface area contributed by atoms with Gasteiger partial charge in [0.1, 0.15) is 0 Å². The van der Waals surface area contributed by atoms with Crippen LogP contribution in [0.4, 0.5) is 0 Å². The van der Waals surface area contributed by atoms with Gasteiger partial charge in [-0.3, -0.25) is 4.90 Å². The zero-order valence-corrected chi connectivity index (χ0v) is 10.9. The van der Waals surface area contributed by atoms with Gasteiger partial charge >= 0.3 is 0 Å². The van der Waals surface area contributed by atoms with Crippen molar-refractivity contribution in [2.75, 3.05) is 32.8 Å². The Labute approximate surface area is 105 Å². The van der Waals surface area contributed by atoms with Crippen LogP contribution in [0.15, 0.2) is 0 Å². The summed E-state index contributed by atoms with van der Waals surface area (Å²) in [6.07, 6.45) is 8.29. The van der Waals surface area contributed by atoms with Crippen molar-refractivity contribution in [3.8, 4) is 0 Å². The van der Waals surface area contributed by atoms with Gasteiger partial charge in [0.2, 0.25) is 0 Å². The van der Waals surface area contributed by atoms with E-state index in [0.29, 0.717) is 0 Å². The third-order valence-corrected chi connectivity index (χ3v) is 4.74. The summed E-state index contributed by atoms with van der Waals surface area (Å²) < 4.78 is 5.52. The largest absolute Gasteiger partial charge is 0.381 e. The van der Waals surface area contributed by atoms with Gasteiger partial charge in [-0.05, 0) is 51.1 Å². The highest BCUT2D eigenvalue weighted by Gasteiger charge is 2.33. The van der Waals surface area contributed by atoms with Crippen LogP contribution in [-0.4, -0.2) is 49.8 Å². The van der Waals surface area contributed by atoms with Crippen LogP contribution in [0.5, 0.6) is 0 Å². The van der Waals surface area contributed by atoms with Crippen LogP contribution >= 0.6 is 0 Å². The lowest BCUT2D eigenvalue weighted by atomic mass is 9.93. The van der Waals surface area contributed by atoms with Crippen molar-refractivity contribution in [3.05, 3.63) is 0 Å². The molecule has 0 aromatic heterocycles. The molecule has 0 spiro atoms. The molecule has 98 valence electrons. The predicted octanol–water partition coefficient (Wildman–Crippen LogP) is 1.63. The molecule has 0 amide bonds. The molecule has 3 nitrogen and oxygen atoms in total. The summed E-state index contributed by atoms with van der Waals surface area (Å²) in [5, 5.41) is 3.71. The molecule has 0 bridgehead atoms. The Morgan fingerprint density at radius 3 is 2.88 bits per heavy atom. The lowest BCUT2D eigenvalue weighted by Crippen LogP contribution is -2.51. The quantitative estimate of drug-likeness (QED) is 0.809. The van der Waals surface area contributed by atoms with E-state index >= 15 is 0 Å². The molecule has 1 N–H and O–H groups in total. The fourth-order valence-corrected chi connectivity index (χ4v) is 3.80. The Kier molecular flexibility index (Phi) is 3.99. The minimum Gasteiger partial charge on any atom is -0.381 e. The normalized spacial score (nSPS) is 39.9. The van der Waals surface area contributed by atoms with Gasteiger partial charge in [-0.1, -0.05) is 6.42 Å². The smallest absolute Gasteiger partial charge is 0.0507 e. The maximum Gasteiger partial charge on any atom is 0.0507 e. The molecule has 3 fully saturated rings. The molecule has 3 heteroatoms. The Morgan fingerprint density at radius 2 is 2.12 bits per heavy atom. The van der Waals surface area contributed by atoms with E-state index in [2.05, 4.69) is 10.2 Å². The third kappa shape index (κ3) is 2.83. The molecule has 3 saturated heterocycles. The first-order valence-corrected chi connectivity index (χ1v) is 7.48.